The summed E-state index contributed by atoms with van der Waals surface area (Å²) in [5.74, 6) is 0. The van der Waals surface area contributed by atoms with Crippen molar-refractivity contribution in [1.29, 1.82) is 0 Å². The van der Waals surface area contributed by atoms with Crippen molar-refractivity contribution in [1.82, 2.24) is 4.57 Å². The smallest absolute Gasteiger partial charge is 0.0625 e. The third-order valence-corrected chi connectivity index (χ3v) is 13.1. The molecule has 0 unspecified atom stereocenters. The lowest BCUT2D eigenvalue weighted by Gasteiger charge is -2.26. The number of allylic oxidation sites excluding steroid dienone is 3. The molecule has 1 heterocycles. The van der Waals surface area contributed by atoms with Gasteiger partial charge in [0, 0.05) is 38.9 Å². The van der Waals surface area contributed by atoms with E-state index in [4.69, 9.17) is 0 Å². The zero-order valence-electron chi connectivity index (χ0n) is 35.9. The average Bonchev–Trinajstić information content (AvgIpc) is 3.53. The standard InChI is InChI=1S/C63H44N2/c1-4-17-44(18-5-1)45-31-37-50(38-32-45)64(51-41-35-48(36-42-51)55-24-11-10-23-54(55)47-19-6-2-7-20-47)53-22-16-21-49(43-53)46-33-39-52(40-34-46)65-61-30-15-14-29-60(61)62-58-27-9-3-8-25-56(58)57-26-12-13-28-59(57)63(62)65/h1-24,26-43H,25H2. The summed E-state index contributed by atoms with van der Waals surface area (Å²) < 4.78 is 2.47. The molecule has 65 heavy (non-hydrogen) atoms. The van der Waals surface area contributed by atoms with Gasteiger partial charge in [0.2, 0.25) is 0 Å². The van der Waals surface area contributed by atoms with Crippen LogP contribution in [0.1, 0.15) is 11.1 Å². The maximum Gasteiger partial charge on any atom is 0.0625 e. The molecule has 12 rings (SSSR count). The van der Waals surface area contributed by atoms with E-state index in [-0.39, 0.29) is 0 Å². The van der Waals surface area contributed by atoms with E-state index in [9.17, 15) is 0 Å². The van der Waals surface area contributed by atoms with Crippen molar-refractivity contribution in [2.24, 2.45) is 0 Å². The highest BCUT2D eigenvalue weighted by atomic mass is 15.1. The first kappa shape index (κ1) is 38.2. The molecular weight excluding hydrogens is 785 g/mol. The van der Waals surface area contributed by atoms with Crippen molar-refractivity contribution < 1.29 is 0 Å². The molecule has 0 spiro atoms. The number of hydrogen-bond acceptors (Lipinski definition) is 1. The molecule has 0 saturated carbocycles. The molecule has 306 valence electrons. The summed E-state index contributed by atoms with van der Waals surface area (Å²) in [5.41, 5.74) is 19.1. The van der Waals surface area contributed by atoms with Gasteiger partial charge in [0.05, 0.1) is 11.0 Å². The van der Waals surface area contributed by atoms with Crippen LogP contribution in [0.15, 0.2) is 249 Å². The predicted octanol–water partition coefficient (Wildman–Crippen LogP) is 17.2. The van der Waals surface area contributed by atoms with Gasteiger partial charge in [-0.2, -0.15) is 0 Å². The second kappa shape index (κ2) is 16.3. The lowest BCUT2D eigenvalue weighted by atomic mass is 9.92. The van der Waals surface area contributed by atoms with Crippen LogP contribution >= 0.6 is 0 Å². The Morgan fingerprint density at radius 1 is 0.369 bits per heavy atom. The molecular formula is C63H44N2. The first-order valence-corrected chi connectivity index (χ1v) is 22.5. The van der Waals surface area contributed by atoms with Crippen LogP contribution in [0.5, 0.6) is 0 Å². The minimum atomic E-state index is 0.914. The SMILES string of the molecule is C1=CCc2c(c3c4ccccc4n(-c4ccc(-c5cccc(N(c6ccc(-c7ccccc7)cc6)c6ccc(-c7ccccc7-c7ccccc7)cc6)c5)cc4)c3c3ccccc23)C=C1. The number of benzene rings is 10. The third kappa shape index (κ3) is 6.84. The molecule has 0 N–H and O–H groups in total. The van der Waals surface area contributed by atoms with Gasteiger partial charge >= 0.3 is 0 Å². The van der Waals surface area contributed by atoms with Gasteiger partial charge < -0.3 is 9.47 Å². The molecule has 0 aliphatic heterocycles. The van der Waals surface area contributed by atoms with Crippen LogP contribution in [-0.2, 0) is 6.42 Å². The van der Waals surface area contributed by atoms with Crippen LogP contribution in [-0.4, -0.2) is 4.57 Å². The van der Waals surface area contributed by atoms with E-state index in [0.717, 1.165) is 40.3 Å². The predicted molar refractivity (Wildman–Crippen MR) is 277 cm³/mol. The Morgan fingerprint density at radius 3 is 1.60 bits per heavy atom. The van der Waals surface area contributed by atoms with Crippen molar-refractivity contribution in [3.8, 4) is 50.2 Å². The Hall–Kier alpha value is -8.46. The quantitative estimate of drug-likeness (QED) is 0.148. The summed E-state index contributed by atoms with van der Waals surface area (Å²) in [6.45, 7) is 0. The van der Waals surface area contributed by atoms with E-state index in [1.165, 1.54) is 77.1 Å². The minimum Gasteiger partial charge on any atom is -0.310 e. The van der Waals surface area contributed by atoms with Crippen molar-refractivity contribution >= 4 is 55.7 Å². The van der Waals surface area contributed by atoms with E-state index < -0.39 is 0 Å². The molecule has 2 nitrogen and oxygen atoms in total. The van der Waals surface area contributed by atoms with E-state index in [1.54, 1.807) is 0 Å². The lowest BCUT2D eigenvalue weighted by Crippen LogP contribution is -2.10. The summed E-state index contributed by atoms with van der Waals surface area (Å²) >= 11 is 0. The Labute approximate surface area is 379 Å². The van der Waals surface area contributed by atoms with Gasteiger partial charge in [0.15, 0.2) is 0 Å². The highest BCUT2D eigenvalue weighted by Crippen LogP contribution is 2.44. The van der Waals surface area contributed by atoms with E-state index in [2.05, 4.69) is 264 Å². The van der Waals surface area contributed by atoms with Crippen LogP contribution in [0.25, 0.3) is 88.8 Å². The summed E-state index contributed by atoms with van der Waals surface area (Å²) in [7, 11) is 0. The van der Waals surface area contributed by atoms with Gasteiger partial charge in [0.1, 0.15) is 0 Å². The van der Waals surface area contributed by atoms with Crippen LogP contribution in [0.2, 0.25) is 0 Å². The Morgan fingerprint density at radius 2 is 0.892 bits per heavy atom. The maximum absolute atomic E-state index is 2.47. The normalized spacial score (nSPS) is 12.1. The molecule has 0 atom stereocenters. The molecule has 11 aromatic rings. The van der Waals surface area contributed by atoms with Gasteiger partial charge in [-0.05, 0) is 122 Å². The number of fused-ring (bicyclic) bond motifs is 8. The van der Waals surface area contributed by atoms with E-state index >= 15 is 0 Å². The Kier molecular flexibility index (Phi) is 9.61. The highest BCUT2D eigenvalue weighted by molar-refractivity contribution is 6.23. The monoisotopic (exact) mass is 828 g/mol. The molecule has 1 aromatic heterocycles. The van der Waals surface area contributed by atoms with E-state index in [0.29, 0.717) is 0 Å². The maximum atomic E-state index is 2.47. The lowest BCUT2D eigenvalue weighted by molar-refractivity contribution is 1.18. The van der Waals surface area contributed by atoms with Crippen LogP contribution in [0, 0.1) is 0 Å². The van der Waals surface area contributed by atoms with Crippen LogP contribution in [0.4, 0.5) is 17.1 Å². The van der Waals surface area contributed by atoms with Crippen molar-refractivity contribution in [2.75, 3.05) is 4.90 Å². The molecule has 1 aliphatic carbocycles. The van der Waals surface area contributed by atoms with Crippen molar-refractivity contribution in [2.45, 2.75) is 6.42 Å². The van der Waals surface area contributed by atoms with E-state index in [1.807, 2.05) is 0 Å². The average molecular weight is 829 g/mol. The fourth-order valence-electron chi connectivity index (χ4n) is 10.0. The summed E-state index contributed by atoms with van der Waals surface area (Å²) in [6.07, 6.45) is 9.87. The second-order valence-electron chi connectivity index (χ2n) is 16.8. The highest BCUT2D eigenvalue weighted by Gasteiger charge is 2.22. The molecule has 2 heteroatoms. The second-order valence-corrected chi connectivity index (χ2v) is 16.8. The number of aromatic nitrogens is 1. The van der Waals surface area contributed by atoms with Gasteiger partial charge in [-0.3, -0.25) is 0 Å². The third-order valence-electron chi connectivity index (χ3n) is 13.1. The fraction of sp³-hybridized carbons (Fsp3) is 0.0159. The number of anilines is 3. The van der Waals surface area contributed by atoms with Crippen molar-refractivity contribution in [3.05, 3.63) is 260 Å². The summed E-state index contributed by atoms with van der Waals surface area (Å²) in [5, 5.41) is 5.19. The van der Waals surface area contributed by atoms with Gasteiger partial charge in [-0.25, -0.2) is 0 Å². The first-order valence-electron chi connectivity index (χ1n) is 22.5. The first-order chi connectivity index (χ1) is 32.3. The topological polar surface area (TPSA) is 8.17 Å². The zero-order valence-corrected chi connectivity index (χ0v) is 35.9. The summed E-state index contributed by atoms with van der Waals surface area (Å²) in [6, 6.07) is 83.8. The molecule has 0 radical (unpaired) electrons. The number of nitrogens with zero attached hydrogens (tertiary/aromatic N) is 2. The number of para-hydroxylation sites is 1. The molecule has 10 aromatic carbocycles. The summed E-state index contributed by atoms with van der Waals surface area (Å²) in [4.78, 5) is 2.37. The molecule has 0 fully saturated rings. The van der Waals surface area contributed by atoms with Crippen LogP contribution in [0.3, 0.4) is 0 Å². The minimum absolute atomic E-state index is 0.914. The molecule has 1 aliphatic rings. The fourth-order valence-corrected chi connectivity index (χ4v) is 10.0. The molecule has 0 bridgehead atoms. The molecule has 0 saturated heterocycles. The Bertz CT molecular complexity index is 3580. The molecule has 0 amide bonds. The number of rotatable bonds is 8. The largest absolute Gasteiger partial charge is 0.310 e. The van der Waals surface area contributed by atoms with Gasteiger partial charge in [0.25, 0.3) is 0 Å². The van der Waals surface area contributed by atoms with Gasteiger partial charge in [-0.1, -0.05) is 200 Å². The number of hydrogen-bond donors (Lipinski definition) is 0. The van der Waals surface area contributed by atoms with Gasteiger partial charge in [-0.15, -0.1) is 0 Å². The zero-order chi connectivity index (χ0) is 43.1. The Balaban J connectivity index is 0.947. The van der Waals surface area contributed by atoms with Crippen molar-refractivity contribution in [3.63, 3.8) is 0 Å². The van der Waals surface area contributed by atoms with Crippen LogP contribution < -0.4 is 4.90 Å².